The number of aliphatic hydroxyl groups is 1. The van der Waals surface area contributed by atoms with Gasteiger partial charge in [-0.1, -0.05) is 24.2 Å². The van der Waals surface area contributed by atoms with Gasteiger partial charge in [0.2, 0.25) is 0 Å². The quantitative estimate of drug-likeness (QED) is 0.903. The van der Waals surface area contributed by atoms with Crippen molar-refractivity contribution >= 4 is 16.5 Å². The van der Waals surface area contributed by atoms with E-state index in [-0.39, 0.29) is 6.10 Å². The van der Waals surface area contributed by atoms with Crippen LogP contribution in [0.1, 0.15) is 68.0 Å². The van der Waals surface area contributed by atoms with Crippen molar-refractivity contribution in [3.8, 4) is 0 Å². The predicted octanol–water partition coefficient (Wildman–Crippen LogP) is 3.67. The van der Waals surface area contributed by atoms with Crippen molar-refractivity contribution in [2.24, 2.45) is 5.92 Å². The molecule has 4 heteroatoms. The average molecular weight is 292 g/mol. The van der Waals surface area contributed by atoms with Crippen LogP contribution in [0.15, 0.2) is 0 Å². The van der Waals surface area contributed by atoms with Gasteiger partial charge >= 0.3 is 0 Å². The number of hydrogen-bond acceptors (Lipinski definition) is 4. The van der Waals surface area contributed by atoms with Crippen LogP contribution >= 0.6 is 11.3 Å². The van der Waals surface area contributed by atoms with Crippen LogP contribution in [0.2, 0.25) is 0 Å². The van der Waals surface area contributed by atoms with Gasteiger partial charge < -0.3 is 10.0 Å². The molecule has 2 atom stereocenters. The predicted molar refractivity (Wildman–Crippen MR) is 82.3 cm³/mol. The maximum Gasteiger partial charge on any atom is 0.186 e. The minimum Gasteiger partial charge on any atom is -0.388 e. The molecule has 3 aliphatic rings. The van der Waals surface area contributed by atoms with Crippen molar-refractivity contribution in [3.05, 3.63) is 10.6 Å². The molecule has 4 rings (SSSR count). The van der Waals surface area contributed by atoms with E-state index in [0.29, 0.717) is 0 Å². The van der Waals surface area contributed by atoms with Gasteiger partial charge in [-0.25, -0.2) is 4.98 Å². The van der Waals surface area contributed by atoms with E-state index in [1.807, 2.05) is 0 Å². The molecule has 1 aliphatic heterocycles. The summed E-state index contributed by atoms with van der Waals surface area (Å²) in [7, 11) is 0. The summed E-state index contributed by atoms with van der Waals surface area (Å²) in [5, 5.41) is 11.3. The maximum atomic E-state index is 10.1. The molecular formula is C16H24N2OS. The Balaban J connectivity index is 1.59. The van der Waals surface area contributed by atoms with Gasteiger partial charge in [0.1, 0.15) is 0 Å². The van der Waals surface area contributed by atoms with E-state index in [9.17, 15) is 5.11 Å². The van der Waals surface area contributed by atoms with E-state index < -0.39 is 0 Å². The zero-order chi connectivity index (χ0) is 13.5. The fourth-order valence-electron chi connectivity index (χ4n) is 4.37. The molecule has 110 valence electrons. The standard InChI is InChI=1S/C16H24N2OS/c19-14-9-3-7-12-15(14)20-16(17-12)18-10-4-8-13(18)11-5-1-2-6-11/h11,13-14,19H,1-10H2. The monoisotopic (exact) mass is 292 g/mol. The number of fused-ring (bicyclic) bond motifs is 1. The first-order valence-corrected chi connectivity index (χ1v) is 9.09. The molecule has 2 unspecified atom stereocenters. The SMILES string of the molecule is OC1CCCc2nc(N3CCCC3C3CCCC3)sc21. The van der Waals surface area contributed by atoms with Crippen LogP contribution in [-0.4, -0.2) is 22.7 Å². The number of hydrogen-bond donors (Lipinski definition) is 1. The topological polar surface area (TPSA) is 36.4 Å². The third kappa shape index (κ3) is 2.17. The fourth-order valence-corrected chi connectivity index (χ4v) is 5.59. The molecule has 0 spiro atoms. The first kappa shape index (κ1) is 13.1. The van der Waals surface area contributed by atoms with E-state index >= 15 is 0 Å². The highest BCUT2D eigenvalue weighted by Gasteiger charge is 2.35. The Morgan fingerprint density at radius 2 is 1.90 bits per heavy atom. The second kappa shape index (κ2) is 5.30. The number of aromatic nitrogens is 1. The van der Waals surface area contributed by atoms with Crippen LogP contribution in [0, 0.1) is 5.92 Å². The largest absolute Gasteiger partial charge is 0.388 e. The van der Waals surface area contributed by atoms with Crippen LogP contribution in [0.4, 0.5) is 5.13 Å². The lowest BCUT2D eigenvalue weighted by atomic mass is 9.96. The molecule has 1 N–H and O–H groups in total. The first-order chi connectivity index (χ1) is 9.83. The second-order valence-corrected chi connectivity index (χ2v) is 7.67. The first-order valence-electron chi connectivity index (χ1n) is 8.27. The van der Waals surface area contributed by atoms with Gasteiger partial charge in [0, 0.05) is 12.6 Å². The summed E-state index contributed by atoms with van der Waals surface area (Å²) in [5.41, 5.74) is 1.18. The van der Waals surface area contributed by atoms with E-state index in [4.69, 9.17) is 4.98 Å². The summed E-state index contributed by atoms with van der Waals surface area (Å²) in [4.78, 5) is 8.62. The van der Waals surface area contributed by atoms with E-state index in [2.05, 4.69) is 4.90 Å². The Bertz CT molecular complexity index is 481. The van der Waals surface area contributed by atoms with Gasteiger partial charge in [-0.2, -0.15) is 0 Å². The molecule has 0 bridgehead atoms. The van der Waals surface area contributed by atoms with Crippen molar-refractivity contribution in [2.45, 2.75) is 69.9 Å². The minimum atomic E-state index is -0.252. The summed E-state index contributed by atoms with van der Waals surface area (Å²) in [6.07, 6.45) is 11.1. The molecule has 2 aliphatic carbocycles. The molecule has 0 radical (unpaired) electrons. The van der Waals surface area contributed by atoms with Crippen LogP contribution in [-0.2, 0) is 6.42 Å². The number of anilines is 1. The molecule has 1 aromatic rings. The molecule has 1 saturated carbocycles. The Hall–Kier alpha value is -0.610. The normalized spacial score (nSPS) is 30.9. The lowest BCUT2D eigenvalue weighted by Gasteiger charge is -2.29. The number of nitrogens with zero attached hydrogens (tertiary/aromatic N) is 2. The smallest absolute Gasteiger partial charge is 0.186 e. The second-order valence-electron chi connectivity index (χ2n) is 6.66. The Labute approximate surface area is 125 Å². The highest BCUT2D eigenvalue weighted by Crippen LogP contribution is 2.42. The lowest BCUT2D eigenvalue weighted by molar-refractivity contribution is 0.160. The molecule has 1 aromatic heterocycles. The third-order valence-corrected chi connectivity index (χ3v) is 6.63. The van der Waals surface area contributed by atoms with Gasteiger partial charge in [-0.3, -0.25) is 0 Å². The summed E-state index contributed by atoms with van der Waals surface area (Å²) in [6.45, 7) is 1.17. The van der Waals surface area contributed by atoms with Gasteiger partial charge in [0.15, 0.2) is 5.13 Å². The summed E-state index contributed by atoms with van der Waals surface area (Å²) >= 11 is 1.77. The average Bonchev–Trinajstić information content (AvgIpc) is 3.18. The van der Waals surface area contributed by atoms with Gasteiger partial charge in [-0.15, -0.1) is 0 Å². The van der Waals surface area contributed by atoms with Crippen LogP contribution < -0.4 is 4.90 Å². The van der Waals surface area contributed by atoms with Crippen molar-refractivity contribution in [2.75, 3.05) is 11.4 Å². The third-order valence-electron chi connectivity index (χ3n) is 5.40. The van der Waals surface area contributed by atoms with Gasteiger partial charge in [0.05, 0.1) is 16.7 Å². The zero-order valence-electron chi connectivity index (χ0n) is 12.1. The fraction of sp³-hybridized carbons (Fsp3) is 0.812. The van der Waals surface area contributed by atoms with E-state index in [0.717, 1.165) is 36.1 Å². The molecule has 2 fully saturated rings. The Morgan fingerprint density at radius 3 is 2.70 bits per heavy atom. The molecule has 1 saturated heterocycles. The van der Waals surface area contributed by atoms with Crippen LogP contribution in [0.5, 0.6) is 0 Å². The van der Waals surface area contributed by atoms with Crippen molar-refractivity contribution < 1.29 is 5.11 Å². The Morgan fingerprint density at radius 1 is 1.05 bits per heavy atom. The number of aliphatic hydroxyl groups excluding tert-OH is 1. The Kier molecular flexibility index (Phi) is 3.47. The lowest BCUT2D eigenvalue weighted by Crippen LogP contribution is -2.34. The molecule has 20 heavy (non-hydrogen) atoms. The summed E-state index contributed by atoms with van der Waals surface area (Å²) in [6, 6.07) is 0.724. The maximum absolute atomic E-state index is 10.1. The molecule has 0 aromatic carbocycles. The number of rotatable bonds is 2. The van der Waals surface area contributed by atoms with Crippen LogP contribution in [0.25, 0.3) is 0 Å². The van der Waals surface area contributed by atoms with Crippen molar-refractivity contribution in [1.82, 2.24) is 4.98 Å². The molecule has 0 amide bonds. The molecule has 2 heterocycles. The highest BCUT2D eigenvalue weighted by molar-refractivity contribution is 7.15. The van der Waals surface area contributed by atoms with E-state index in [1.165, 1.54) is 55.9 Å². The summed E-state index contributed by atoms with van der Waals surface area (Å²) in [5.74, 6) is 0.892. The highest BCUT2D eigenvalue weighted by atomic mass is 32.1. The van der Waals surface area contributed by atoms with Crippen LogP contribution in [0.3, 0.4) is 0 Å². The van der Waals surface area contributed by atoms with Gasteiger partial charge in [-0.05, 0) is 50.9 Å². The zero-order valence-corrected chi connectivity index (χ0v) is 12.9. The number of aryl methyl sites for hydroxylation is 1. The molecule has 3 nitrogen and oxygen atoms in total. The molecular weight excluding hydrogens is 268 g/mol. The van der Waals surface area contributed by atoms with Gasteiger partial charge in [0.25, 0.3) is 0 Å². The van der Waals surface area contributed by atoms with E-state index in [1.54, 1.807) is 11.3 Å². The van der Waals surface area contributed by atoms with Crippen molar-refractivity contribution in [1.29, 1.82) is 0 Å². The summed E-state index contributed by atoms with van der Waals surface area (Å²) < 4.78 is 0. The number of thiazole rings is 1. The van der Waals surface area contributed by atoms with Crippen molar-refractivity contribution in [3.63, 3.8) is 0 Å². The minimum absolute atomic E-state index is 0.252.